The van der Waals surface area contributed by atoms with Crippen molar-refractivity contribution in [1.82, 2.24) is 0 Å². The van der Waals surface area contributed by atoms with Crippen molar-refractivity contribution in [2.24, 2.45) is 0 Å². The summed E-state index contributed by atoms with van der Waals surface area (Å²) in [4.78, 5) is 11.5. The third-order valence-electron chi connectivity index (χ3n) is 2.11. The van der Waals surface area contributed by atoms with Crippen LogP contribution in [0.5, 0.6) is 5.75 Å². The van der Waals surface area contributed by atoms with Crippen LogP contribution < -0.4 is 0 Å². The highest BCUT2D eigenvalue weighted by Gasteiger charge is 2.10. The Morgan fingerprint density at radius 3 is 2.53 bits per heavy atom. The van der Waals surface area contributed by atoms with Gasteiger partial charge in [-0.3, -0.25) is 0 Å². The third kappa shape index (κ3) is 3.62. The van der Waals surface area contributed by atoms with Crippen molar-refractivity contribution < 1.29 is 14.6 Å². The standard InChI is InChI=1S/C12H16O3/c1-3-4-9(2)15-12(14)10-5-7-11(13)8-6-10/h5-9,13H,3-4H2,1-2H3/t9-/m1/s1. The van der Waals surface area contributed by atoms with Gasteiger partial charge in [0.15, 0.2) is 0 Å². The molecule has 1 atom stereocenters. The molecule has 0 saturated heterocycles. The molecule has 0 heterocycles. The van der Waals surface area contributed by atoms with Crippen LogP contribution in [0.3, 0.4) is 0 Å². The minimum absolute atomic E-state index is 0.0590. The van der Waals surface area contributed by atoms with E-state index in [2.05, 4.69) is 0 Å². The van der Waals surface area contributed by atoms with Crippen LogP contribution in [0, 0.1) is 0 Å². The maximum absolute atomic E-state index is 11.5. The molecule has 3 heteroatoms. The normalized spacial score (nSPS) is 12.1. The summed E-state index contributed by atoms with van der Waals surface area (Å²) < 4.78 is 5.20. The number of phenols is 1. The zero-order valence-corrected chi connectivity index (χ0v) is 9.06. The number of phenolic OH excluding ortho intramolecular Hbond substituents is 1. The molecule has 0 spiro atoms. The summed E-state index contributed by atoms with van der Waals surface area (Å²) in [5.41, 5.74) is 0.468. The fourth-order valence-corrected chi connectivity index (χ4v) is 1.31. The van der Waals surface area contributed by atoms with E-state index in [0.717, 1.165) is 12.8 Å². The Morgan fingerprint density at radius 2 is 2.00 bits per heavy atom. The predicted molar refractivity (Wildman–Crippen MR) is 57.9 cm³/mol. The molecule has 0 aromatic heterocycles. The van der Waals surface area contributed by atoms with Gasteiger partial charge in [0.25, 0.3) is 0 Å². The van der Waals surface area contributed by atoms with Gasteiger partial charge < -0.3 is 9.84 Å². The molecule has 3 nitrogen and oxygen atoms in total. The van der Waals surface area contributed by atoms with Crippen molar-refractivity contribution in [3.63, 3.8) is 0 Å². The lowest BCUT2D eigenvalue weighted by Gasteiger charge is -2.11. The molecule has 0 saturated carbocycles. The molecule has 1 N–H and O–H groups in total. The van der Waals surface area contributed by atoms with Crippen molar-refractivity contribution in [3.8, 4) is 5.75 Å². The van der Waals surface area contributed by atoms with Crippen LogP contribution in [0.15, 0.2) is 24.3 Å². The third-order valence-corrected chi connectivity index (χ3v) is 2.11. The van der Waals surface area contributed by atoms with Crippen molar-refractivity contribution >= 4 is 5.97 Å². The van der Waals surface area contributed by atoms with E-state index >= 15 is 0 Å². The van der Waals surface area contributed by atoms with Gasteiger partial charge in [-0.05, 0) is 37.6 Å². The lowest BCUT2D eigenvalue weighted by Crippen LogP contribution is -2.14. The average molecular weight is 208 g/mol. The molecule has 0 aliphatic carbocycles. The molecular weight excluding hydrogens is 192 g/mol. The first kappa shape index (κ1) is 11.6. The van der Waals surface area contributed by atoms with Crippen LogP contribution >= 0.6 is 0 Å². The molecule has 82 valence electrons. The van der Waals surface area contributed by atoms with E-state index in [4.69, 9.17) is 9.84 Å². The molecule has 0 fully saturated rings. The van der Waals surface area contributed by atoms with Gasteiger partial charge in [0, 0.05) is 0 Å². The zero-order chi connectivity index (χ0) is 11.3. The van der Waals surface area contributed by atoms with E-state index in [1.807, 2.05) is 13.8 Å². The number of ether oxygens (including phenoxy) is 1. The fourth-order valence-electron chi connectivity index (χ4n) is 1.31. The first-order valence-electron chi connectivity index (χ1n) is 5.13. The summed E-state index contributed by atoms with van der Waals surface area (Å²) >= 11 is 0. The van der Waals surface area contributed by atoms with Crippen molar-refractivity contribution in [1.29, 1.82) is 0 Å². The van der Waals surface area contributed by atoms with E-state index < -0.39 is 0 Å². The molecule has 1 aromatic carbocycles. The van der Waals surface area contributed by atoms with Gasteiger partial charge in [-0.15, -0.1) is 0 Å². The molecule has 15 heavy (non-hydrogen) atoms. The second kappa shape index (κ2) is 5.39. The highest BCUT2D eigenvalue weighted by atomic mass is 16.5. The van der Waals surface area contributed by atoms with Crippen LogP contribution in [-0.2, 0) is 4.74 Å². The quantitative estimate of drug-likeness (QED) is 0.774. The van der Waals surface area contributed by atoms with Crippen LogP contribution in [0.25, 0.3) is 0 Å². The Labute approximate surface area is 89.7 Å². The molecule has 1 rings (SSSR count). The first-order valence-corrected chi connectivity index (χ1v) is 5.13. The molecule has 0 unspecified atom stereocenters. The lowest BCUT2D eigenvalue weighted by molar-refractivity contribution is 0.0323. The predicted octanol–water partition coefficient (Wildman–Crippen LogP) is 2.74. The maximum atomic E-state index is 11.5. The van der Waals surface area contributed by atoms with Crippen molar-refractivity contribution in [2.75, 3.05) is 0 Å². The number of carbonyl (C=O) groups excluding carboxylic acids is 1. The van der Waals surface area contributed by atoms with Gasteiger partial charge in [-0.25, -0.2) is 4.79 Å². The van der Waals surface area contributed by atoms with Gasteiger partial charge in [0.05, 0.1) is 11.7 Å². The summed E-state index contributed by atoms with van der Waals surface area (Å²) in [6.45, 7) is 3.92. The Morgan fingerprint density at radius 1 is 1.40 bits per heavy atom. The number of aromatic hydroxyl groups is 1. The Bertz CT molecular complexity index is 316. The highest BCUT2D eigenvalue weighted by molar-refractivity contribution is 5.89. The molecule has 0 aliphatic heterocycles. The number of esters is 1. The highest BCUT2D eigenvalue weighted by Crippen LogP contribution is 2.12. The van der Waals surface area contributed by atoms with Crippen LogP contribution in [0.4, 0.5) is 0 Å². The average Bonchev–Trinajstić information content (AvgIpc) is 2.18. The molecule has 0 amide bonds. The van der Waals surface area contributed by atoms with Gasteiger partial charge in [0.2, 0.25) is 0 Å². The number of hydrogen-bond acceptors (Lipinski definition) is 3. The van der Waals surface area contributed by atoms with Gasteiger partial charge in [0.1, 0.15) is 5.75 Å². The number of benzene rings is 1. The minimum Gasteiger partial charge on any atom is -0.508 e. The Balaban J connectivity index is 2.57. The van der Waals surface area contributed by atoms with Crippen LogP contribution in [0.2, 0.25) is 0 Å². The molecule has 0 bridgehead atoms. The van der Waals surface area contributed by atoms with E-state index in [9.17, 15) is 4.79 Å². The molecule has 0 aliphatic rings. The van der Waals surface area contributed by atoms with E-state index in [1.54, 1.807) is 12.1 Å². The van der Waals surface area contributed by atoms with Crippen molar-refractivity contribution in [3.05, 3.63) is 29.8 Å². The van der Waals surface area contributed by atoms with Gasteiger partial charge >= 0.3 is 5.97 Å². The second-order valence-corrected chi connectivity index (χ2v) is 3.55. The smallest absolute Gasteiger partial charge is 0.338 e. The summed E-state index contributed by atoms with van der Waals surface area (Å²) in [6.07, 6.45) is 1.80. The SMILES string of the molecule is CCC[C@@H](C)OC(=O)c1ccc(O)cc1. The lowest BCUT2D eigenvalue weighted by atomic mass is 10.2. The summed E-state index contributed by atoms with van der Waals surface area (Å²) in [5.74, 6) is -0.191. The topological polar surface area (TPSA) is 46.5 Å². The second-order valence-electron chi connectivity index (χ2n) is 3.55. The minimum atomic E-state index is -0.337. The van der Waals surface area contributed by atoms with Gasteiger partial charge in [-0.1, -0.05) is 13.3 Å². The zero-order valence-electron chi connectivity index (χ0n) is 9.06. The van der Waals surface area contributed by atoms with Crippen LogP contribution in [0.1, 0.15) is 37.0 Å². The Kier molecular flexibility index (Phi) is 4.16. The van der Waals surface area contributed by atoms with Gasteiger partial charge in [-0.2, -0.15) is 0 Å². The first-order chi connectivity index (χ1) is 7.13. The molecular formula is C12H16O3. The largest absolute Gasteiger partial charge is 0.508 e. The van der Waals surface area contributed by atoms with E-state index in [-0.39, 0.29) is 17.8 Å². The number of carbonyl (C=O) groups is 1. The summed E-state index contributed by atoms with van der Waals surface area (Å²) in [5, 5.41) is 9.05. The number of hydrogen-bond donors (Lipinski definition) is 1. The Hall–Kier alpha value is -1.51. The number of rotatable bonds is 4. The van der Waals surface area contributed by atoms with E-state index in [0.29, 0.717) is 5.56 Å². The molecule has 1 aromatic rings. The van der Waals surface area contributed by atoms with E-state index in [1.165, 1.54) is 12.1 Å². The summed E-state index contributed by atoms with van der Waals surface area (Å²) in [7, 11) is 0. The fraction of sp³-hybridized carbons (Fsp3) is 0.417. The monoisotopic (exact) mass is 208 g/mol. The summed E-state index contributed by atoms with van der Waals surface area (Å²) in [6, 6.07) is 6.05. The maximum Gasteiger partial charge on any atom is 0.338 e. The van der Waals surface area contributed by atoms with Crippen LogP contribution in [-0.4, -0.2) is 17.2 Å². The molecule has 0 radical (unpaired) electrons. The van der Waals surface area contributed by atoms with Crippen molar-refractivity contribution in [2.45, 2.75) is 32.8 Å².